The van der Waals surface area contributed by atoms with E-state index in [1.54, 1.807) is 0 Å². The van der Waals surface area contributed by atoms with Gasteiger partial charge in [0.2, 0.25) is 5.91 Å². The molecule has 5 heteroatoms. The van der Waals surface area contributed by atoms with E-state index in [0.717, 1.165) is 22.5 Å². The lowest BCUT2D eigenvalue weighted by Crippen LogP contribution is -2.13. The van der Waals surface area contributed by atoms with Crippen molar-refractivity contribution >= 4 is 11.6 Å². The fraction of sp³-hybridized carbons (Fsp3) is 0.250. The first-order valence-corrected chi connectivity index (χ1v) is 6.67. The molecular weight excluding hydrogens is 264 g/mol. The van der Waals surface area contributed by atoms with Gasteiger partial charge in [0.05, 0.1) is 6.42 Å². The third-order valence-electron chi connectivity index (χ3n) is 3.57. The van der Waals surface area contributed by atoms with Crippen LogP contribution in [0, 0.1) is 18.3 Å². The van der Waals surface area contributed by atoms with Gasteiger partial charge in [-0.1, -0.05) is 12.1 Å². The lowest BCUT2D eigenvalue weighted by Gasteiger charge is -2.07. The van der Waals surface area contributed by atoms with Gasteiger partial charge in [-0.25, -0.2) is 0 Å². The Morgan fingerprint density at radius 3 is 2.57 bits per heavy atom. The minimum Gasteiger partial charge on any atom is -0.381 e. The molecule has 0 unspecified atom stereocenters. The van der Waals surface area contributed by atoms with Crippen LogP contribution in [-0.4, -0.2) is 10.5 Å². The van der Waals surface area contributed by atoms with Gasteiger partial charge < -0.3 is 15.6 Å². The maximum absolute atomic E-state index is 10.8. The van der Waals surface area contributed by atoms with E-state index in [1.807, 2.05) is 48.9 Å². The number of nitrogens with one attached hydrogen (secondary N) is 1. The molecule has 108 valence electrons. The molecule has 0 radical (unpaired) electrons. The third kappa shape index (κ3) is 3.42. The normalized spacial score (nSPS) is 10.1. The summed E-state index contributed by atoms with van der Waals surface area (Å²) in [7, 11) is 1.88. The Bertz CT molecular complexity index is 692. The summed E-state index contributed by atoms with van der Waals surface area (Å²) in [4.78, 5) is 10.8. The number of carbonyl (C=O) groups is 1. The molecule has 0 aliphatic heterocycles. The SMILES string of the molecule is Cc1c(CNc2ccc(CC(N)=O)cc2)cc(C#N)n1C. The van der Waals surface area contributed by atoms with Crippen molar-refractivity contribution in [1.82, 2.24) is 4.57 Å². The Hall–Kier alpha value is -2.74. The summed E-state index contributed by atoms with van der Waals surface area (Å²) < 4.78 is 1.88. The smallest absolute Gasteiger partial charge is 0.221 e. The summed E-state index contributed by atoms with van der Waals surface area (Å²) >= 11 is 0. The van der Waals surface area contributed by atoms with Crippen LogP contribution in [0.1, 0.15) is 22.5 Å². The molecule has 0 bridgehead atoms. The Balaban J connectivity index is 2.03. The van der Waals surface area contributed by atoms with Crippen molar-refractivity contribution in [2.45, 2.75) is 19.9 Å². The van der Waals surface area contributed by atoms with Crippen LogP contribution in [0.3, 0.4) is 0 Å². The predicted molar refractivity (Wildman–Crippen MR) is 81.5 cm³/mol. The fourth-order valence-corrected chi connectivity index (χ4v) is 2.19. The van der Waals surface area contributed by atoms with E-state index in [1.165, 1.54) is 0 Å². The highest BCUT2D eigenvalue weighted by molar-refractivity contribution is 5.76. The molecule has 0 aliphatic rings. The summed E-state index contributed by atoms with van der Waals surface area (Å²) in [6.45, 7) is 2.64. The number of benzene rings is 1. The van der Waals surface area contributed by atoms with Crippen molar-refractivity contribution in [3.05, 3.63) is 52.8 Å². The second kappa shape index (κ2) is 6.14. The van der Waals surface area contributed by atoms with Crippen molar-refractivity contribution in [2.24, 2.45) is 12.8 Å². The quantitative estimate of drug-likeness (QED) is 0.877. The molecule has 0 spiro atoms. The van der Waals surface area contributed by atoms with E-state index < -0.39 is 0 Å². The highest BCUT2D eigenvalue weighted by Crippen LogP contribution is 2.16. The molecule has 21 heavy (non-hydrogen) atoms. The van der Waals surface area contributed by atoms with E-state index in [4.69, 9.17) is 11.0 Å². The molecule has 1 aromatic heterocycles. The second-order valence-electron chi connectivity index (χ2n) is 5.00. The molecule has 0 fully saturated rings. The summed E-state index contributed by atoms with van der Waals surface area (Å²) in [6.07, 6.45) is 0.254. The predicted octanol–water partition coefficient (Wildman–Crippen LogP) is 1.85. The number of anilines is 1. The molecule has 1 amide bonds. The number of nitrogens with two attached hydrogens (primary N) is 1. The molecule has 2 rings (SSSR count). The molecule has 0 saturated heterocycles. The minimum absolute atomic E-state index is 0.254. The van der Waals surface area contributed by atoms with Gasteiger partial charge in [0, 0.05) is 25.0 Å². The number of amides is 1. The first-order valence-electron chi connectivity index (χ1n) is 6.67. The van der Waals surface area contributed by atoms with Crippen LogP contribution >= 0.6 is 0 Å². The van der Waals surface area contributed by atoms with Gasteiger partial charge in [-0.05, 0) is 36.2 Å². The van der Waals surface area contributed by atoms with Crippen LogP contribution in [0.25, 0.3) is 0 Å². The van der Waals surface area contributed by atoms with Gasteiger partial charge in [-0.15, -0.1) is 0 Å². The monoisotopic (exact) mass is 282 g/mol. The molecule has 1 heterocycles. The average Bonchev–Trinajstić information content (AvgIpc) is 2.73. The zero-order chi connectivity index (χ0) is 15.4. The third-order valence-corrected chi connectivity index (χ3v) is 3.57. The summed E-state index contributed by atoms with van der Waals surface area (Å²) in [6, 6.07) is 11.7. The minimum atomic E-state index is -0.334. The number of aromatic nitrogens is 1. The van der Waals surface area contributed by atoms with Crippen LogP contribution in [0.5, 0.6) is 0 Å². The lowest BCUT2D eigenvalue weighted by atomic mass is 10.1. The number of hydrogen-bond donors (Lipinski definition) is 2. The van der Waals surface area contributed by atoms with E-state index in [9.17, 15) is 4.79 Å². The Kier molecular flexibility index (Phi) is 4.29. The number of nitrogens with zero attached hydrogens (tertiary/aromatic N) is 2. The van der Waals surface area contributed by atoms with E-state index in [-0.39, 0.29) is 12.3 Å². The first-order chi connectivity index (χ1) is 10.0. The van der Waals surface area contributed by atoms with Gasteiger partial charge in [0.15, 0.2) is 0 Å². The van der Waals surface area contributed by atoms with E-state index in [2.05, 4.69) is 11.4 Å². The maximum Gasteiger partial charge on any atom is 0.221 e. The van der Waals surface area contributed by atoms with Gasteiger partial charge in [0.1, 0.15) is 11.8 Å². The van der Waals surface area contributed by atoms with Crippen molar-refractivity contribution in [2.75, 3.05) is 5.32 Å². The molecule has 2 aromatic rings. The number of carbonyl (C=O) groups excluding carboxylic acids is 1. The summed E-state index contributed by atoms with van der Waals surface area (Å²) in [5.41, 5.74) is 9.84. The highest BCUT2D eigenvalue weighted by atomic mass is 16.1. The first kappa shape index (κ1) is 14.7. The van der Waals surface area contributed by atoms with Crippen LogP contribution in [-0.2, 0) is 24.8 Å². The zero-order valence-corrected chi connectivity index (χ0v) is 12.2. The number of hydrogen-bond acceptors (Lipinski definition) is 3. The van der Waals surface area contributed by atoms with Crippen LogP contribution in [0.2, 0.25) is 0 Å². The zero-order valence-electron chi connectivity index (χ0n) is 12.2. The molecule has 3 N–H and O–H groups in total. The standard InChI is InChI=1S/C16H18N4O/c1-11-13(8-15(9-17)20(11)2)10-19-14-5-3-12(4-6-14)7-16(18)21/h3-6,8,19H,7,10H2,1-2H3,(H2,18,21). The van der Waals surface area contributed by atoms with Crippen LogP contribution in [0.4, 0.5) is 5.69 Å². The van der Waals surface area contributed by atoms with Crippen molar-refractivity contribution in [3.8, 4) is 6.07 Å². The maximum atomic E-state index is 10.8. The van der Waals surface area contributed by atoms with Crippen molar-refractivity contribution < 1.29 is 4.79 Å². The number of rotatable bonds is 5. The van der Waals surface area contributed by atoms with E-state index >= 15 is 0 Å². The average molecular weight is 282 g/mol. The molecule has 0 atom stereocenters. The molecule has 0 saturated carbocycles. The molecule has 1 aromatic carbocycles. The molecular formula is C16H18N4O. The summed E-state index contributed by atoms with van der Waals surface area (Å²) in [5, 5.41) is 12.3. The van der Waals surface area contributed by atoms with E-state index in [0.29, 0.717) is 12.2 Å². The van der Waals surface area contributed by atoms with Gasteiger partial charge in [0.25, 0.3) is 0 Å². The van der Waals surface area contributed by atoms with Crippen LogP contribution in [0.15, 0.2) is 30.3 Å². The number of primary amides is 1. The largest absolute Gasteiger partial charge is 0.381 e. The van der Waals surface area contributed by atoms with Gasteiger partial charge in [-0.2, -0.15) is 5.26 Å². The Morgan fingerprint density at radius 2 is 2.05 bits per heavy atom. The molecule has 5 nitrogen and oxygen atoms in total. The van der Waals surface area contributed by atoms with Crippen LogP contribution < -0.4 is 11.1 Å². The van der Waals surface area contributed by atoms with Crippen molar-refractivity contribution in [1.29, 1.82) is 5.26 Å². The summed E-state index contributed by atoms with van der Waals surface area (Å²) in [5.74, 6) is -0.334. The van der Waals surface area contributed by atoms with Crippen molar-refractivity contribution in [3.63, 3.8) is 0 Å². The molecule has 0 aliphatic carbocycles. The fourth-order valence-electron chi connectivity index (χ4n) is 2.19. The second-order valence-corrected chi connectivity index (χ2v) is 5.00. The van der Waals surface area contributed by atoms with Gasteiger partial charge in [-0.3, -0.25) is 4.79 Å². The topological polar surface area (TPSA) is 83.8 Å². The van der Waals surface area contributed by atoms with Gasteiger partial charge >= 0.3 is 0 Å². The Morgan fingerprint density at radius 1 is 1.38 bits per heavy atom. The highest BCUT2D eigenvalue weighted by Gasteiger charge is 2.08. The lowest BCUT2D eigenvalue weighted by molar-refractivity contribution is -0.117. The number of nitriles is 1. The Labute approximate surface area is 124 Å².